The van der Waals surface area contributed by atoms with Crippen LogP contribution in [0.4, 0.5) is 5.69 Å². The molecule has 1 N–H and O–H groups in total. The van der Waals surface area contributed by atoms with Crippen molar-refractivity contribution in [1.82, 2.24) is 4.90 Å². The number of carbonyl (C=O) groups is 1. The van der Waals surface area contributed by atoms with Crippen LogP contribution in [-0.4, -0.2) is 48.7 Å². The zero-order valence-corrected chi connectivity index (χ0v) is 13.1. The lowest BCUT2D eigenvalue weighted by molar-refractivity contribution is -0.121. The molecule has 0 spiro atoms. The molecule has 1 atom stereocenters. The smallest absolute Gasteiger partial charge is 0.265 e. The topological polar surface area (TPSA) is 53.0 Å². The van der Waals surface area contributed by atoms with E-state index in [2.05, 4.69) is 4.90 Å². The predicted octanol–water partition coefficient (Wildman–Crippen LogP) is 1.95. The Labute approximate surface area is 131 Å². The van der Waals surface area contributed by atoms with Gasteiger partial charge in [0.2, 0.25) is 0 Å². The van der Waals surface area contributed by atoms with Crippen LogP contribution in [0.25, 0.3) is 0 Å². The summed E-state index contributed by atoms with van der Waals surface area (Å²) in [5.41, 5.74) is 1.62. The van der Waals surface area contributed by atoms with Crippen LogP contribution in [0, 0.1) is 0 Å². The summed E-state index contributed by atoms with van der Waals surface area (Å²) < 4.78 is 5.47. The first-order chi connectivity index (χ1) is 10.7. The van der Waals surface area contributed by atoms with E-state index >= 15 is 0 Å². The molecule has 1 aromatic carbocycles. The third-order valence-corrected chi connectivity index (χ3v) is 4.51. The molecule has 0 saturated carbocycles. The summed E-state index contributed by atoms with van der Waals surface area (Å²) >= 11 is 0. The Hall–Kier alpha value is -1.59. The number of aliphatic hydroxyl groups excluding tert-OH is 1. The number of ether oxygens (including phenoxy) is 1. The number of aliphatic hydroxyl groups is 1. The van der Waals surface area contributed by atoms with Crippen molar-refractivity contribution in [3.63, 3.8) is 0 Å². The molecule has 1 amide bonds. The third-order valence-electron chi connectivity index (χ3n) is 4.51. The SMILES string of the molecule is CCN1C(=O)COc2ccc(C(O)CN3CCCCC3)cc21. The Bertz CT molecular complexity index is 541. The molecule has 0 aromatic heterocycles. The molecule has 1 aromatic rings. The first-order valence-corrected chi connectivity index (χ1v) is 8.16. The number of fused-ring (bicyclic) bond motifs is 1. The molecule has 1 unspecified atom stereocenters. The summed E-state index contributed by atoms with van der Waals surface area (Å²) in [7, 11) is 0. The zero-order valence-electron chi connectivity index (χ0n) is 13.1. The lowest BCUT2D eigenvalue weighted by atomic mass is 10.0. The van der Waals surface area contributed by atoms with Gasteiger partial charge in [0, 0.05) is 13.1 Å². The molecule has 120 valence electrons. The van der Waals surface area contributed by atoms with Gasteiger partial charge in [0.25, 0.3) is 5.91 Å². The van der Waals surface area contributed by atoms with Crippen molar-refractivity contribution in [3.8, 4) is 5.75 Å². The van der Waals surface area contributed by atoms with Gasteiger partial charge in [-0.2, -0.15) is 0 Å². The molecular formula is C17H24N2O3. The highest BCUT2D eigenvalue weighted by molar-refractivity contribution is 5.97. The highest BCUT2D eigenvalue weighted by Crippen LogP contribution is 2.34. The number of piperidine rings is 1. The Morgan fingerprint density at radius 2 is 2.05 bits per heavy atom. The Balaban J connectivity index is 1.76. The molecule has 0 radical (unpaired) electrons. The van der Waals surface area contributed by atoms with Gasteiger partial charge in [-0.15, -0.1) is 0 Å². The Kier molecular flexibility index (Phi) is 4.64. The molecule has 5 heteroatoms. The van der Waals surface area contributed by atoms with Crippen molar-refractivity contribution in [2.24, 2.45) is 0 Å². The average Bonchev–Trinajstić information content (AvgIpc) is 2.55. The normalized spacial score (nSPS) is 20.5. The van der Waals surface area contributed by atoms with Crippen LogP contribution in [0.2, 0.25) is 0 Å². The minimum atomic E-state index is -0.529. The van der Waals surface area contributed by atoms with E-state index in [-0.39, 0.29) is 12.5 Å². The second-order valence-corrected chi connectivity index (χ2v) is 6.03. The summed E-state index contributed by atoms with van der Waals surface area (Å²) in [5.74, 6) is 0.688. The van der Waals surface area contributed by atoms with Crippen LogP contribution >= 0.6 is 0 Å². The number of nitrogens with zero attached hydrogens (tertiary/aromatic N) is 2. The molecule has 0 aliphatic carbocycles. The highest BCUT2D eigenvalue weighted by Gasteiger charge is 2.25. The van der Waals surface area contributed by atoms with Gasteiger partial charge in [-0.25, -0.2) is 0 Å². The molecule has 0 bridgehead atoms. The van der Waals surface area contributed by atoms with E-state index in [0.29, 0.717) is 13.1 Å². The summed E-state index contributed by atoms with van der Waals surface area (Å²) in [6.07, 6.45) is 3.18. The van der Waals surface area contributed by atoms with E-state index in [1.807, 2.05) is 25.1 Å². The number of carbonyl (C=O) groups excluding carboxylic acids is 1. The Morgan fingerprint density at radius 1 is 1.27 bits per heavy atom. The van der Waals surface area contributed by atoms with Gasteiger partial charge in [-0.05, 0) is 50.6 Å². The maximum Gasteiger partial charge on any atom is 0.265 e. The molecule has 5 nitrogen and oxygen atoms in total. The molecule has 1 fully saturated rings. The van der Waals surface area contributed by atoms with Crippen LogP contribution < -0.4 is 9.64 Å². The van der Waals surface area contributed by atoms with Crippen molar-refractivity contribution in [1.29, 1.82) is 0 Å². The zero-order chi connectivity index (χ0) is 15.5. The average molecular weight is 304 g/mol. The molecule has 3 rings (SSSR count). The van der Waals surface area contributed by atoms with Crippen LogP contribution in [0.3, 0.4) is 0 Å². The predicted molar refractivity (Wildman–Crippen MR) is 85.2 cm³/mol. The summed E-state index contributed by atoms with van der Waals surface area (Å²) in [6.45, 7) is 5.43. The van der Waals surface area contributed by atoms with Crippen LogP contribution in [-0.2, 0) is 4.79 Å². The van der Waals surface area contributed by atoms with Gasteiger partial charge in [0.1, 0.15) is 5.75 Å². The van der Waals surface area contributed by atoms with Gasteiger partial charge >= 0.3 is 0 Å². The monoisotopic (exact) mass is 304 g/mol. The third kappa shape index (κ3) is 3.10. The van der Waals surface area contributed by atoms with E-state index in [0.717, 1.165) is 30.1 Å². The van der Waals surface area contributed by atoms with Crippen LogP contribution in [0.5, 0.6) is 5.75 Å². The lowest BCUT2D eigenvalue weighted by Gasteiger charge is -2.31. The number of anilines is 1. The number of rotatable bonds is 4. The van der Waals surface area contributed by atoms with Crippen molar-refractivity contribution in [3.05, 3.63) is 23.8 Å². The van der Waals surface area contributed by atoms with E-state index in [1.54, 1.807) is 4.90 Å². The minimum absolute atomic E-state index is 0.0299. The maximum atomic E-state index is 11.9. The fraction of sp³-hybridized carbons (Fsp3) is 0.588. The fourth-order valence-corrected chi connectivity index (χ4v) is 3.27. The first kappa shape index (κ1) is 15.3. The van der Waals surface area contributed by atoms with Crippen molar-refractivity contribution < 1.29 is 14.6 Å². The second-order valence-electron chi connectivity index (χ2n) is 6.03. The number of β-amino-alcohol motifs (C(OH)–C–C–N with tert-alkyl or cyclic N) is 1. The van der Waals surface area contributed by atoms with E-state index in [1.165, 1.54) is 19.3 Å². The fourth-order valence-electron chi connectivity index (χ4n) is 3.27. The summed E-state index contributed by atoms with van der Waals surface area (Å²) in [5, 5.41) is 10.5. The van der Waals surface area contributed by atoms with E-state index in [9.17, 15) is 9.90 Å². The van der Waals surface area contributed by atoms with Gasteiger partial charge in [-0.1, -0.05) is 12.5 Å². The molecule has 2 aliphatic rings. The molecule has 22 heavy (non-hydrogen) atoms. The molecular weight excluding hydrogens is 280 g/mol. The van der Waals surface area contributed by atoms with Gasteiger partial charge in [0.15, 0.2) is 6.61 Å². The number of benzene rings is 1. The van der Waals surface area contributed by atoms with Crippen molar-refractivity contribution in [2.75, 3.05) is 37.7 Å². The molecule has 2 heterocycles. The number of likely N-dealkylation sites (tertiary alicyclic amines) is 1. The quantitative estimate of drug-likeness (QED) is 0.924. The van der Waals surface area contributed by atoms with Crippen LogP contribution in [0.15, 0.2) is 18.2 Å². The molecule has 1 saturated heterocycles. The van der Waals surface area contributed by atoms with Gasteiger partial charge in [-0.3, -0.25) is 4.79 Å². The lowest BCUT2D eigenvalue weighted by Crippen LogP contribution is -2.38. The highest BCUT2D eigenvalue weighted by atomic mass is 16.5. The van der Waals surface area contributed by atoms with Gasteiger partial charge < -0.3 is 19.6 Å². The summed E-state index contributed by atoms with van der Waals surface area (Å²) in [6, 6.07) is 5.65. The number of amides is 1. The van der Waals surface area contributed by atoms with E-state index < -0.39 is 6.10 Å². The first-order valence-electron chi connectivity index (χ1n) is 8.16. The number of hydrogen-bond acceptors (Lipinski definition) is 4. The number of hydrogen-bond donors (Lipinski definition) is 1. The minimum Gasteiger partial charge on any atom is -0.482 e. The standard InChI is InChI=1S/C17H24N2O3/c1-2-19-14-10-13(6-7-16(14)22-12-17(19)21)15(20)11-18-8-4-3-5-9-18/h6-7,10,15,20H,2-5,8-9,11-12H2,1H3. The number of likely N-dealkylation sites (N-methyl/N-ethyl adjacent to an activating group) is 1. The largest absolute Gasteiger partial charge is 0.482 e. The van der Waals surface area contributed by atoms with Crippen molar-refractivity contribution in [2.45, 2.75) is 32.3 Å². The maximum absolute atomic E-state index is 11.9. The van der Waals surface area contributed by atoms with E-state index in [4.69, 9.17) is 4.74 Å². The van der Waals surface area contributed by atoms with Crippen molar-refractivity contribution >= 4 is 11.6 Å². The Morgan fingerprint density at radius 3 is 2.77 bits per heavy atom. The second kappa shape index (κ2) is 6.67. The van der Waals surface area contributed by atoms with Crippen LogP contribution in [0.1, 0.15) is 37.9 Å². The summed E-state index contributed by atoms with van der Waals surface area (Å²) in [4.78, 5) is 15.9. The molecule has 2 aliphatic heterocycles. The van der Waals surface area contributed by atoms with Gasteiger partial charge in [0.05, 0.1) is 11.8 Å².